The molecule has 2 aromatic rings. The van der Waals surface area contributed by atoms with Crippen molar-refractivity contribution in [2.24, 2.45) is 0 Å². The number of aromatic nitrogens is 2. The molecule has 0 aliphatic heterocycles. The van der Waals surface area contributed by atoms with Crippen LogP contribution in [0.4, 0.5) is 15.6 Å². The molecule has 5 nitrogen and oxygen atoms in total. The molecule has 0 radical (unpaired) electrons. The first kappa shape index (κ1) is 15.9. The Morgan fingerprint density at radius 3 is 2.71 bits per heavy atom. The molecule has 112 valence electrons. The summed E-state index contributed by atoms with van der Waals surface area (Å²) in [5.41, 5.74) is -0.0550. The molecule has 0 saturated heterocycles. The van der Waals surface area contributed by atoms with Gasteiger partial charge < -0.3 is 4.74 Å². The lowest BCUT2D eigenvalue weighted by Crippen LogP contribution is -2.33. The number of aromatic amines is 1. The molecule has 1 aromatic carbocycles. The van der Waals surface area contributed by atoms with Crippen molar-refractivity contribution in [2.45, 2.75) is 26.4 Å². The number of benzene rings is 1. The van der Waals surface area contributed by atoms with E-state index in [1.54, 1.807) is 45.0 Å². The Morgan fingerprint density at radius 2 is 2.19 bits per heavy atom. The Hall–Kier alpha value is -1.44. The fourth-order valence-electron chi connectivity index (χ4n) is 1.53. The second-order valence-electron chi connectivity index (χ2n) is 5.19. The summed E-state index contributed by atoms with van der Waals surface area (Å²) in [5, 5.41) is 7.61. The van der Waals surface area contributed by atoms with Crippen molar-refractivity contribution >= 4 is 52.1 Å². The maximum atomic E-state index is 12.5. The van der Waals surface area contributed by atoms with Crippen LogP contribution in [0, 0.1) is 3.95 Å². The summed E-state index contributed by atoms with van der Waals surface area (Å²) in [5.74, 6) is 0. The van der Waals surface area contributed by atoms with Gasteiger partial charge in [-0.05, 0) is 51.2 Å². The van der Waals surface area contributed by atoms with Crippen LogP contribution in [0.25, 0.3) is 0 Å². The Morgan fingerprint density at radius 1 is 1.48 bits per heavy atom. The monoisotopic (exact) mass is 343 g/mol. The van der Waals surface area contributed by atoms with Crippen LogP contribution in [0.3, 0.4) is 0 Å². The lowest BCUT2D eigenvalue weighted by atomic mass is 10.2. The normalized spacial score (nSPS) is 11.2. The highest BCUT2D eigenvalue weighted by Gasteiger charge is 2.27. The minimum Gasteiger partial charge on any atom is -0.443 e. The van der Waals surface area contributed by atoms with Crippen LogP contribution >= 0.6 is 35.2 Å². The van der Waals surface area contributed by atoms with Crippen molar-refractivity contribution in [3.8, 4) is 0 Å². The lowest BCUT2D eigenvalue weighted by Gasteiger charge is -2.25. The number of halogens is 1. The molecule has 21 heavy (non-hydrogen) atoms. The van der Waals surface area contributed by atoms with E-state index in [9.17, 15) is 4.79 Å². The van der Waals surface area contributed by atoms with Gasteiger partial charge in [-0.3, -0.25) is 5.10 Å². The van der Waals surface area contributed by atoms with Crippen molar-refractivity contribution in [3.63, 3.8) is 0 Å². The van der Waals surface area contributed by atoms with Gasteiger partial charge in [-0.2, -0.15) is 0 Å². The van der Waals surface area contributed by atoms with Crippen LogP contribution in [-0.4, -0.2) is 21.9 Å². The smallest absolute Gasteiger partial charge is 0.421 e. The first-order chi connectivity index (χ1) is 9.76. The fourth-order valence-corrected chi connectivity index (χ4v) is 2.61. The van der Waals surface area contributed by atoms with Crippen LogP contribution < -0.4 is 4.90 Å². The standard InChI is InChI=1S/C13H14ClN3O2S2/c1-13(2,3)19-12(18)17(10-15-16-11(20)21-10)9-6-4-5-8(14)7-9/h4-7H,1-3H3,(H,16,20). The highest BCUT2D eigenvalue weighted by Crippen LogP contribution is 2.30. The molecular formula is C13H14ClN3O2S2. The summed E-state index contributed by atoms with van der Waals surface area (Å²) in [6.07, 6.45) is -0.539. The molecule has 1 heterocycles. The van der Waals surface area contributed by atoms with Crippen molar-refractivity contribution in [2.75, 3.05) is 4.90 Å². The number of ether oxygens (including phenoxy) is 1. The number of H-pyrrole nitrogens is 1. The van der Waals surface area contributed by atoms with Gasteiger partial charge in [0.2, 0.25) is 5.13 Å². The second kappa shape index (κ2) is 6.13. The molecule has 0 spiro atoms. The predicted octanol–water partition coefficient (Wildman–Crippen LogP) is 4.93. The average Bonchev–Trinajstić information content (AvgIpc) is 2.73. The van der Waals surface area contributed by atoms with Gasteiger partial charge in [0.05, 0.1) is 5.69 Å². The van der Waals surface area contributed by atoms with Gasteiger partial charge in [0.15, 0.2) is 3.95 Å². The first-order valence-electron chi connectivity index (χ1n) is 6.10. The first-order valence-corrected chi connectivity index (χ1v) is 7.71. The van der Waals surface area contributed by atoms with Gasteiger partial charge in [-0.15, -0.1) is 5.10 Å². The molecule has 8 heteroatoms. The van der Waals surface area contributed by atoms with E-state index < -0.39 is 11.7 Å². The maximum absolute atomic E-state index is 12.5. The average molecular weight is 344 g/mol. The fraction of sp³-hybridized carbons (Fsp3) is 0.308. The highest BCUT2D eigenvalue weighted by molar-refractivity contribution is 7.73. The van der Waals surface area contributed by atoms with Crippen LogP contribution in [0.15, 0.2) is 24.3 Å². The molecule has 0 aliphatic rings. The lowest BCUT2D eigenvalue weighted by molar-refractivity contribution is 0.0599. The molecule has 0 unspecified atom stereocenters. The molecule has 1 aromatic heterocycles. The van der Waals surface area contributed by atoms with E-state index in [4.69, 9.17) is 28.6 Å². The Balaban J connectivity index is 2.44. The van der Waals surface area contributed by atoms with Gasteiger partial charge in [-0.1, -0.05) is 29.0 Å². The summed E-state index contributed by atoms with van der Waals surface area (Å²) in [4.78, 5) is 13.8. The quantitative estimate of drug-likeness (QED) is 0.785. The molecule has 0 atom stereocenters. The van der Waals surface area contributed by atoms with E-state index in [0.717, 1.165) is 0 Å². The van der Waals surface area contributed by atoms with Crippen molar-refractivity contribution in [1.82, 2.24) is 10.2 Å². The Labute approximate surface area is 136 Å². The van der Waals surface area contributed by atoms with E-state index >= 15 is 0 Å². The van der Waals surface area contributed by atoms with Crippen molar-refractivity contribution in [1.29, 1.82) is 0 Å². The zero-order chi connectivity index (χ0) is 15.6. The summed E-state index contributed by atoms with van der Waals surface area (Å²) in [6.45, 7) is 5.40. The van der Waals surface area contributed by atoms with Gasteiger partial charge in [0.1, 0.15) is 5.60 Å². The minimum atomic E-state index is -0.619. The summed E-state index contributed by atoms with van der Waals surface area (Å²) in [6, 6.07) is 6.89. The maximum Gasteiger partial charge on any atom is 0.421 e. The zero-order valence-corrected chi connectivity index (χ0v) is 14.1. The van der Waals surface area contributed by atoms with E-state index in [1.165, 1.54) is 16.2 Å². The highest BCUT2D eigenvalue weighted by atomic mass is 35.5. The third-order valence-corrected chi connectivity index (χ3v) is 3.57. The van der Waals surface area contributed by atoms with E-state index in [-0.39, 0.29) is 0 Å². The number of rotatable bonds is 2. The summed E-state index contributed by atoms with van der Waals surface area (Å²) >= 11 is 12.2. The topological polar surface area (TPSA) is 58.2 Å². The predicted molar refractivity (Wildman–Crippen MR) is 87.1 cm³/mol. The SMILES string of the molecule is CC(C)(C)OC(=O)N(c1cccc(Cl)c1)c1n[nH]c(=S)s1. The van der Waals surface area contributed by atoms with E-state index in [1.807, 2.05) is 0 Å². The Bertz CT molecular complexity index is 706. The molecule has 1 N–H and O–H groups in total. The van der Waals surface area contributed by atoms with Crippen LogP contribution in [-0.2, 0) is 4.74 Å². The Kier molecular flexibility index (Phi) is 4.65. The second-order valence-corrected chi connectivity index (χ2v) is 7.27. The van der Waals surface area contributed by atoms with Crippen LogP contribution in [0.5, 0.6) is 0 Å². The summed E-state index contributed by atoms with van der Waals surface area (Å²) < 4.78 is 5.89. The molecule has 0 fully saturated rings. The van der Waals surface area contributed by atoms with Crippen molar-refractivity contribution in [3.05, 3.63) is 33.2 Å². The largest absolute Gasteiger partial charge is 0.443 e. The number of hydrogen-bond donors (Lipinski definition) is 1. The van der Waals surface area contributed by atoms with Crippen molar-refractivity contribution < 1.29 is 9.53 Å². The number of nitrogens with one attached hydrogen (secondary N) is 1. The van der Waals surface area contributed by atoms with E-state index in [2.05, 4.69) is 10.2 Å². The molecule has 0 bridgehead atoms. The molecule has 2 rings (SSSR count). The number of nitrogens with zero attached hydrogens (tertiary/aromatic N) is 2. The molecular weight excluding hydrogens is 330 g/mol. The third kappa shape index (κ3) is 4.26. The van der Waals surface area contributed by atoms with Gasteiger partial charge in [-0.25, -0.2) is 9.69 Å². The number of carbonyl (C=O) groups is 1. The number of amides is 1. The van der Waals surface area contributed by atoms with Gasteiger partial charge in [0, 0.05) is 5.02 Å². The summed E-state index contributed by atoms with van der Waals surface area (Å²) in [7, 11) is 0. The molecule has 0 saturated carbocycles. The zero-order valence-electron chi connectivity index (χ0n) is 11.7. The van der Waals surface area contributed by atoms with Crippen LogP contribution in [0.2, 0.25) is 5.02 Å². The van der Waals surface area contributed by atoms with Crippen LogP contribution in [0.1, 0.15) is 20.8 Å². The number of hydrogen-bond acceptors (Lipinski definition) is 5. The van der Waals surface area contributed by atoms with Gasteiger partial charge in [0.25, 0.3) is 0 Å². The number of anilines is 2. The molecule has 0 aliphatic carbocycles. The van der Waals surface area contributed by atoms with Gasteiger partial charge >= 0.3 is 6.09 Å². The molecule has 1 amide bonds. The van der Waals surface area contributed by atoms with E-state index in [0.29, 0.717) is 19.8 Å². The minimum absolute atomic E-state index is 0.400. The number of carbonyl (C=O) groups excluding carboxylic acids is 1. The third-order valence-electron chi connectivity index (χ3n) is 2.26.